The molecule has 0 bridgehead atoms. The van der Waals surface area contributed by atoms with Gasteiger partial charge in [0.1, 0.15) is 12.4 Å². The highest BCUT2D eigenvalue weighted by Gasteiger charge is 2.44. The second-order valence-corrected chi connectivity index (χ2v) is 9.56. The molecule has 1 aliphatic heterocycles. The largest absolute Gasteiger partial charge is 0.487 e. The number of aromatic nitrogens is 1. The number of nitrogens with zero attached hydrogens (tertiary/aromatic N) is 2. The molecule has 29 heavy (non-hydrogen) atoms. The van der Waals surface area contributed by atoms with Gasteiger partial charge in [-0.2, -0.15) is 0 Å². The summed E-state index contributed by atoms with van der Waals surface area (Å²) in [5.41, 5.74) is 3.54. The summed E-state index contributed by atoms with van der Waals surface area (Å²) in [6, 6.07) is 5.70. The molecule has 5 nitrogen and oxygen atoms in total. The predicted octanol–water partition coefficient (Wildman–Crippen LogP) is 4.46. The first-order valence-corrected chi connectivity index (χ1v) is 11.5. The highest BCUT2D eigenvalue weighted by molar-refractivity contribution is 7.07. The van der Waals surface area contributed by atoms with Gasteiger partial charge in [0.05, 0.1) is 17.3 Å². The molecule has 2 heterocycles. The molecular formula is C22H27ClN2O3S. The van der Waals surface area contributed by atoms with E-state index in [9.17, 15) is 9.90 Å². The van der Waals surface area contributed by atoms with Crippen LogP contribution < -0.4 is 4.74 Å². The zero-order chi connectivity index (χ0) is 20.4. The summed E-state index contributed by atoms with van der Waals surface area (Å²) in [5, 5.41) is 12.4. The Labute approximate surface area is 180 Å². The zero-order valence-corrected chi connectivity index (χ0v) is 18.2. The molecule has 1 amide bonds. The van der Waals surface area contributed by atoms with Crippen LogP contribution in [0.4, 0.5) is 0 Å². The Bertz CT molecular complexity index is 850. The number of ether oxygens (including phenoxy) is 1. The summed E-state index contributed by atoms with van der Waals surface area (Å²) >= 11 is 8.04. The van der Waals surface area contributed by atoms with Crippen LogP contribution in [0.15, 0.2) is 29.1 Å². The van der Waals surface area contributed by atoms with Crippen LogP contribution in [0.3, 0.4) is 0 Å². The molecule has 2 fully saturated rings. The SMILES string of the molecule is CC1(N2CCC(Cc3ccc(OCc4cscn4)cc3Cl)C2=O)CCC(O)CC1. The summed E-state index contributed by atoms with van der Waals surface area (Å²) in [7, 11) is 0. The summed E-state index contributed by atoms with van der Waals surface area (Å²) in [6.45, 7) is 3.38. The molecule has 2 aromatic rings. The molecular weight excluding hydrogens is 408 g/mol. The molecule has 1 saturated carbocycles. The number of thiazole rings is 1. The van der Waals surface area contributed by atoms with E-state index in [-0.39, 0.29) is 23.5 Å². The van der Waals surface area contributed by atoms with Gasteiger partial charge in [-0.25, -0.2) is 4.98 Å². The smallest absolute Gasteiger partial charge is 0.226 e. The lowest BCUT2D eigenvalue weighted by Crippen LogP contribution is -2.50. The number of benzene rings is 1. The highest BCUT2D eigenvalue weighted by Crippen LogP contribution is 2.38. The number of carbonyl (C=O) groups excluding carboxylic acids is 1. The summed E-state index contributed by atoms with van der Waals surface area (Å²) in [5.74, 6) is 0.904. The molecule has 1 N–H and O–H groups in total. The Morgan fingerprint density at radius 2 is 2.14 bits per heavy atom. The van der Waals surface area contributed by atoms with Crippen molar-refractivity contribution in [3.05, 3.63) is 45.4 Å². The van der Waals surface area contributed by atoms with Gasteiger partial charge in [0.25, 0.3) is 0 Å². The van der Waals surface area contributed by atoms with Crippen molar-refractivity contribution in [3.8, 4) is 5.75 Å². The molecule has 0 spiro atoms. The molecule has 156 valence electrons. The number of rotatable bonds is 6. The Kier molecular flexibility index (Phi) is 6.13. The van der Waals surface area contributed by atoms with Crippen LogP contribution in [0.1, 0.15) is 50.3 Å². The lowest BCUT2D eigenvalue weighted by molar-refractivity contribution is -0.137. The van der Waals surface area contributed by atoms with E-state index in [4.69, 9.17) is 16.3 Å². The molecule has 1 saturated heterocycles. The average Bonchev–Trinajstić information content (AvgIpc) is 3.35. The predicted molar refractivity (Wildman–Crippen MR) is 114 cm³/mol. The van der Waals surface area contributed by atoms with Gasteiger partial charge in [0.2, 0.25) is 5.91 Å². The van der Waals surface area contributed by atoms with Gasteiger partial charge in [-0.3, -0.25) is 4.79 Å². The van der Waals surface area contributed by atoms with Crippen molar-refractivity contribution in [3.63, 3.8) is 0 Å². The normalized spacial score (nSPS) is 27.4. The van der Waals surface area contributed by atoms with E-state index in [2.05, 4.69) is 16.8 Å². The number of aliphatic hydroxyl groups excluding tert-OH is 1. The van der Waals surface area contributed by atoms with E-state index in [0.717, 1.165) is 49.9 Å². The number of aliphatic hydroxyl groups is 1. The van der Waals surface area contributed by atoms with Gasteiger partial charge in [0, 0.05) is 28.4 Å². The van der Waals surface area contributed by atoms with Crippen molar-refractivity contribution >= 4 is 28.8 Å². The minimum absolute atomic E-state index is 0.0297. The first-order chi connectivity index (χ1) is 13.9. The lowest BCUT2D eigenvalue weighted by Gasteiger charge is -2.43. The van der Waals surface area contributed by atoms with Crippen LogP contribution in [-0.4, -0.2) is 39.1 Å². The molecule has 0 radical (unpaired) electrons. The Morgan fingerprint density at radius 3 is 2.83 bits per heavy atom. The molecule has 1 unspecified atom stereocenters. The quantitative estimate of drug-likeness (QED) is 0.729. The average molecular weight is 435 g/mol. The molecule has 1 atom stereocenters. The van der Waals surface area contributed by atoms with Crippen molar-refractivity contribution in [1.82, 2.24) is 9.88 Å². The van der Waals surface area contributed by atoms with E-state index >= 15 is 0 Å². The van der Waals surface area contributed by atoms with Crippen molar-refractivity contribution < 1.29 is 14.6 Å². The maximum absolute atomic E-state index is 13.1. The molecule has 7 heteroatoms. The maximum atomic E-state index is 13.1. The van der Waals surface area contributed by atoms with Crippen molar-refractivity contribution in [1.29, 1.82) is 0 Å². The Hall–Kier alpha value is -1.63. The monoisotopic (exact) mass is 434 g/mol. The second kappa shape index (κ2) is 8.62. The van der Waals surface area contributed by atoms with Crippen molar-refractivity contribution in [2.45, 2.75) is 63.7 Å². The van der Waals surface area contributed by atoms with E-state index in [1.54, 1.807) is 16.8 Å². The van der Waals surface area contributed by atoms with Gasteiger partial charge >= 0.3 is 0 Å². The minimum atomic E-state index is -0.216. The number of hydrogen-bond donors (Lipinski definition) is 1. The minimum Gasteiger partial charge on any atom is -0.487 e. The summed E-state index contributed by atoms with van der Waals surface area (Å²) in [6.07, 6.45) is 4.59. The molecule has 1 aliphatic carbocycles. The van der Waals surface area contributed by atoms with E-state index in [0.29, 0.717) is 23.8 Å². The van der Waals surface area contributed by atoms with E-state index in [1.165, 1.54) is 0 Å². The van der Waals surface area contributed by atoms with Crippen LogP contribution in [0.5, 0.6) is 5.75 Å². The van der Waals surface area contributed by atoms with Crippen LogP contribution >= 0.6 is 22.9 Å². The zero-order valence-electron chi connectivity index (χ0n) is 16.6. The van der Waals surface area contributed by atoms with E-state index in [1.807, 2.05) is 23.6 Å². The Morgan fingerprint density at radius 1 is 1.34 bits per heavy atom. The number of hydrogen-bond acceptors (Lipinski definition) is 5. The maximum Gasteiger partial charge on any atom is 0.226 e. The van der Waals surface area contributed by atoms with Gasteiger partial charge < -0.3 is 14.7 Å². The molecule has 2 aliphatic rings. The number of likely N-dealkylation sites (tertiary alicyclic amines) is 1. The number of halogens is 1. The standard InChI is InChI=1S/C22H27ClN2O3S/c1-22(7-4-18(26)5-8-22)25-9-6-16(21(25)27)10-15-2-3-19(11-20(15)23)28-12-17-13-29-14-24-17/h2-3,11,13-14,16,18,26H,4-10,12H2,1H3. The first kappa shape index (κ1) is 20.6. The van der Waals surface area contributed by atoms with Crippen molar-refractivity contribution in [2.75, 3.05) is 6.54 Å². The van der Waals surface area contributed by atoms with Gasteiger partial charge in [-0.1, -0.05) is 17.7 Å². The third-order valence-electron chi connectivity index (χ3n) is 6.36. The first-order valence-electron chi connectivity index (χ1n) is 10.2. The third-order valence-corrected chi connectivity index (χ3v) is 7.35. The van der Waals surface area contributed by atoms with Gasteiger partial charge in [-0.15, -0.1) is 11.3 Å². The van der Waals surface area contributed by atoms with Crippen LogP contribution in [0.25, 0.3) is 0 Å². The number of amides is 1. The third kappa shape index (κ3) is 4.60. The topological polar surface area (TPSA) is 62.7 Å². The fourth-order valence-electron chi connectivity index (χ4n) is 4.47. The van der Waals surface area contributed by atoms with Gasteiger partial charge in [0.15, 0.2) is 0 Å². The van der Waals surface area contributed by atoms with Gasteiger partial charge in [-0.05, 0) is 63.1 Å². The molecule has 4 rings (SSSR count). The molecule has 1 aromatic carbocycles. The highest BCUT2D eigenvalue weighted by atomic mass is 35.5. The fraction of sp³-hybridized carbons (Fsp3) is 0.545. The summed E-state index contributed by atoms with van der Waals surface area (Å²) < 4.78 is 5.76. The van der Waals surface area contributed by atoms with Crippen LogP contribution in [-0.2, 0) is 17.8 Å². The second-order valence-electron chi connectivity index (χ2n) is 8.43. The Balaban J connectivity index is 1.37. The molecule has 1 aromatic heterocycles. The van der Waals surface area contributed by atoms with E-state index < -0.39 is 0 Å². The van der Waals surface area contributed by atoms with Crippen molar-refractivity contribution in [2.24, 2.45) is 5.92 Å². The fourth-order valence-corrected chi connectivity index (χ4v) is 5.26. The lowest BCUT2D eigenvalue weighted by atomic mass is 9.80. The number of carbonyl (C=O) groups is 1. The van der Waals surface area contributed by atoms with Crippen LogP contribution in [0, 0.1) is 5.92 Å². The van der Waals surface area contributed by atoms with Crippen LogP contribution in [0.2, 0.25) is 5.02 Å². The summed E-state index contributed by atoms with van der Waals surface area (Å²) in [4.78, 5) is 19.4.